The van der Waals surface area contributed by atoms with Crippen LogP contribution in [0.15, 0.2) is 24.3 Å². The van der Waals surface area contributed by atoms with Crippen molar-refractivity contribution in [1.82, 2.24) is 9.97 Å². The molecule has 0 amide bonds. The van der Waals surface area contributed by atoms with Crippen molar-refractivity contribution >= 4 is 5.95 Å². The molecule has 1 aromatic heterocycles. The summed E-state index contributed by atoms with van der Waals surface area (Å²) < 4.78 is 0. The molecule has 1 unspecified atom stereocenters. The topological polar surface area (TPSA) is 73.0 Å². The first kappa shape index (κ1) is 16.7. The van der Waals surface area contributed by atoms with Gasteiger partial charge in [0.1, 0.15) is 0 Å². The first-order chi connectivity index (χ1) is 13.1. The molecule has 27 heavy (non-hydrogen) atoms. The number of nitriles is 1. The molecule has 5 rings (SSSR count). The fourth-order valence-corrected chi connectivity index (χ4v) is 4.32. The van der Waals surface area contributed by atoms with Gasteiger partial charge in [-0.05, 0) is 51.0 Å². The summed E-state index contributed by atoms with van der Waals surface area (Å²) in [5.41, 5.74) is 4.82. The molecule has 1 N–H and O–H groups in total. The van der Waals surface area contributed by atoms with Gasteiger partial charge in [-0.1, -0.05) is 24.3 Å². The first-order valence-corrected chi connectivity index (χ1v) is 9.97. The monoisotopic (exact) mass is 360 g/mol. The van der Waals surface area contributed by atoms with Gasteiger partial charge in [0.15, 0.2) is 0 Å². The number of hydrogen-bond acceptors (Lipinski definition) is 5. The minimum Gasteiger partial charge on any atom is -0.387 e. The number of aromatic nitrogens is 2. The molecular formula is C22H24N4O. The van der Waals surface area contributed by atoms with Gasteiger partial charge in [0, 0.05) is 29.4 Å². The van der Waals surface area contributed by atoms with Crippen LogP contribution in [0.2, 0.25) is 0 Å². The standard InChI is InChI=1S/C22H24N4O/c1-14-9-12-26(14)21-24-18-4-2-3-17(18)19(25-21)15-5-7-16(8-6-15)20(27)22(13-23)10-11-22/h5-8,14,20,27H,2-4,9-12H2,1H3/t14-,20?/m0/s1. The zero-order valence-corrected chi connectivity index (χ0v) is 15.6. The Morgan fingerprint density at radius 2 is 2.00 bits per heavy atom. The molecule has 138 valence electrons. The lowest BCUT2D eigenvalue weighted by atomic mass is 9.93. The second-order valence-corrected chi connectivity index (χ2v) is 8.27. The number of nitrogens with zero attached hydrogens (tertiary/aromatic N) is 4. The van der Waals surface area contributed by atoms with Crippen LogP contribution in [-0.2, 0) is 12.8 Å². The molecule has 1 aliphatic heterocycles. The Morgan fingerprint density at radius 3 is 2.59 bits per heavy atom. The predicted molar refractivity (Wildman–Crippen MR) is 103 cm³/mol. The maximum absolute atomic E-state index is 10.6. The second-order valence-electron chi connectivity index (χ2n) is 8.27. The Kier molecular flexibility index (Phi) is 3.73. The second kappa shape index (κ2) is 6.03. The van der Waals surface area contributed by atoms with Gasteiger partial charge >= 0.3 is 0 Å². The first-order valence-electron chi connectivity index (χ1n) is 9.97. The van der Waals surface area contributed by atoms with Gasteiger partial charge in [-0.2, -0.15) is 5.26 Å². The SMILES string of the molecule is C[C@H]1CCN1c1nc2c(c(-c3ccc(C(O)C4(C#N)CC4)cc3)n1)CCC2. The summed E-state index contributed by atoms with van der Waals surface area (Å²) in [6.07, 6.45) is 5.25. The zero-order chi connectivity index (χ0) is 18.6. The third kappa shape index (κ3) is 2.62. The van der Waals surface area contributed by atoms with Gasteiger partial charge in [-0.25, -0.2) is 9.97 Å². The van der Waals surface area contributed by atoms with Crippen molar-refractivity contribution in [3.63, 3.8) is 0 Å². The van der Waals surface area contributed by atoms with Crippen molar-refractivity contribution in [2.75, 3.05) is 11.4 Å². The van der Waals surface area contributed by atoms with Gasteiger partial charge in [0.05, 0.1) is 23.3 Å². The molecule has 1 saturated carbocycles. The third-order valence-corrected chi connectivity index (χ3v) is 6.53. The number of aryl methyl sites for hydroxylation is 1. The summed E-state index contributed by atoms with van der Waals surface area (Å²) in [4.78, 5) is 12.1. The Morgan fingerprint density at radius 1 is 1.22 bits per heavy atom. The Labute approximate surface area is 159 Å². The van der Waals surface area contributed by atoms with E-state index in [1.807, 2.05) is 24.3 Å². The number of anilines is 1. The van der Waals surface area contributed by atoms with Crippen molar-refractivity contribution in [3.05, 3.63) is 41.1 Å². The van der Waals surface area contributed by atoms with Gasteiger partial charge < -0.3 is 10.0 Å². The quantitative estimate of drug-likeness (QED) is 0.902. The van der Waals surface area contributed by atoms with Crippen LogP contribution in [0.25, 0.3) is 11.3 Å². The number of aliphatic hydroxyl groups excluding tert-OH is 1. The van der Waals surface area contributed by atoms with Crippen molar-refractivity contribution in [1.29, 1.82) is 5.26 Å². The van der Waals surface area contributed by atoms with Crippen LogP contribution in [0.1, 0.15) is 55.5 Å². The lowest BCUT2D eigenvalue weighted by molar-refractivity contribution is 0.123. The van der Waals surface area contributed by atoms with Crippen LogP contribution in [-0.4, -0.2) is 27.7 Å². The molecule has 2 heterocycles. The molecule has 1 saturated heterocycles. The summed E-state index contributed by atoms with van der Waals surface area (Å²) >= 11 is 0. The molecule has 2 aromatic rings. The van der Waals surface area contributed by atoms with Crippen molar-refractivity contribution in [2.24, 2.45) is 5.41 Å². The van der Waals surface area contributed by atoms with Gasteiger partial charge in [0.2, 0.25) is 5.95 Å². The molecule has 0 radical (unpaired) electrons. The van der Waals surface area contributed by atoms with E-state index in [0.717, 1.165) is 61.4 Å². The zero-order valence-electron chi connectivity index (χ0n) is 15.6. The molecule has 0 bridgehead atoms. The van der Waals surface area contributed by atoms with E-state index < -0.39 is 11.5 Å². The average molecular weight is 360 g/mol. The van der Waals surface area contributed by atoms with E-state index in [-0.39, 0.29) is 0 Å². The third-order valence-electron chi connectivity index (χ3n) is 6.53. The van der Waals surface area contributed by atoms with E-state index in [0.29, 0.717) is 6.04 Å². The molecule has 5 nitrogen and oxygen atoms in total. The number of fused-ring (bicyclic) bond motifs is 1. The van der Waals surface area contributed by atoms with E-state index >= 15 is 0 Å². The van der Waals surface area contributed by atoms with Crippen molar-refractivity contribution < 1.29 is 5.11 Å². The van der Waals surface area contributed by atoms with Gasteiger partial charge in [-0.3, -0.25) is 0 Å². The van der Waals surface area contributed by atoms with E-state index in [1.54, 1.807) is 0 Å². The lowest BCUT2D eigenvalue weighted by Crippen LogP contribution is -2.46. The number of hydrogen-bond donors (Lipinski definition) is 1. The highest BCUT2D eigenvalue weighted by Gasteiger charge is 2.50. The van der Waals surface area contributed by atoms with Crippen LogP contribution in [0.3, 0.4) is 0 Å². The fourth-order valence-electron chi connectivity index (χ4n) is 4.32. The van der Waals surface area contributed by atoms with Crippen molar-refractivity contribution in [3.8, 4) is 17.3 Å². The average Bonchev–Trinajstić information content (AvgIpc) is 3.35. The van der Waals surface area contributed by atoms with E-state index in [4.69, 9.17) is 9.97 Å². The smallest absolute Gasteiger partial charge is 0.226 e. The van der Waals surface area contributed by atoms with Crippen LogP contribution in [0, 0.1) is 16.7 Å². The number of rotatable bonds is 4. The minimum absolute atomic E-state index is 0.510. The Balaban J connectivity index is 1.50. The van der Waals surface area contributed by atoms with Crippen molar-refractivity contribution in [2.45, 2.75) is 57.6 Å². The Bertz CT molecular complexity index is 927. The molecule has 1 aromatic carbocycles. The lowest BCUT2D eigenvalue weighted by Gasteiger charge is -2.39. The molecule has 3 aliphatic rings. The molecule has 0 spiro atoms. The summed E-state index contributed by atoms with van der Waals surface area (Å²) in [6.45, 7) is 3.25. The minimum atomic E-state index is -0.704. The molecule has 2 fully saturated rings. The summed E-state index contributed by atoms with van der Waals surface area (Å²) in [6, 6.07) is 10.8. The highest BCUT2D eigenvalue weighted by Crippen LogP contribution is 2.54. The van der Waals surface area contributed by atoms with Gasteiger partial charge in [0.25, 0.3) is 0 Å². The maximum atomic E-state index is 10.6. The van der Waals surface area contributed by atoms with E-state index in [1.165, 1.54) is 17.7 Å². The van der Waals surface area contributed by atoms with Crippen LogP contribution >= 0.6 is 0 Å². The Hall–Kier alpha value is -2.45. The van der Waals surface area contributed by atoms with E-state index in [9.17, 15) is 10.4 Å². The van der Waals surface area contributed by atoms with Crippen LogP contribution in [0.4, 0.5) is 5.95 Å². The maximum Gasteiger partial charge on any atom is 0.226 e. The molecule has 5 heteroatoms. The molecular weight excluding hydrogens is 336 g/mol. The molecule has 2 atom stereocenters. The van der Waals surface area contributed by atoms with Crippen LogP contribution < -0.4 is 4.90 Å². The highest BCUT2D eigenvalue weighted by molar-refractivity contribution is 5.67. The fraction of sp³-hybridized carbons (Fsp3) is 0.500. The van der Waals surface area contributed by atoms with Gasteiger partial charge in [-0.15, -0.1) is 0 Å². The molecule has 2 aliphatic carbocycles. The predicted octanol–water partition coefficient (Wildman–Crippen LogP) is 3.57. The number of aliphatic hydroxyl groups is 1. The summed E-state index contributed by atoms with van der Waals surface area (Å²) in [5.74, 6) is 0.856. The number of benzene rings is 1. The van der Waals surface area contributed by atoms with E-state index in [2.05, 4.69) is 17.9 Å². The summed E-state index contributed by atoms with van der Waals surface area (Å²) in [7, 11) is 0. The normalized spacial score (nSPS) is 23.3. The summed E-state index contributed by atoms with van der Waals surface area (Å²) in [5, 5.41) is 19.9. The van der Waals surface area contributed by atoms with Crippen LogP contribution in [0.5, 0.6) is 0 Å². The highest BCUT2D eigenvalue weighted by atomic mass is 16.3. The largest absolute Gasteiger partial charge is 0.387 e.